The second-order valence-electron chi connectivity index (χ2n) is 4.48. The van der Waals surface area contributed by atoms with Crippen molar-refractivity contribution in [2.45, 2.75) is 38.6 Å². The van der Waals surface area contributed by atoms with Crippen molar-refractivity contribution < 1.29 is 4.79 Å². The van der Waals surface area contributed by atoms with Crippen LogP contribution >= 0.6 is 0 Å². The van der Waals surface area contributed by atoms with Gasteiger partial charge in [0.05, 0.1) is 0 Å². The Kier molecular flexibility index (Phi) is 5.63. The van der Waals surface area contributed by atoms with Crippen LogP contribution in [0.3, 0.4) is 0 Å². The lowest BCUT2D eigenvalue weighted by molar-refractivity contribution is -0.121. The van der Waals surface area contributed by atoms with E-state index in [0.717, 1.165) is 12.0 Å². The van der Waals surface area contributed by atoms with Crippen LogP contribution in [0.1, 0.15) is 38.2 Å². The van der Waals surface area contributed by atoms with Crippen LogP contribution in [0.15, 0.2) is 24.5 Å². The maximum absolute atomic E-state index is 11.5. The fourth-order valence-corrected chi connectivity index (χ4v) is 1.74. The fourth-order valence-electron chi connectivity index (χ4n) is 1.74. The quantitative estimate of drug-likeness (QED) is 0.783. The van der Waals surface area contributed by atoms with E-state index in [1.54, 1.807) is 6.20 Å². The van der Waals surface area contributed by atoms with E-state index in [0.29, 0.717) is 13.0 Å². The second kappa shape index (κ2) is 7.01. The molecule has 1 aromatic heterocycles. The lowest BCUT2D eigenvalue weighted by Gasteiger charge is -2.15. The highest BCUT2D eigenvalue weighted by Crippen LogP contribution is 2.18. The third-order valence-corrected chi connectivity index (χ3v) is 2.61. The zero-order valence-corrected chi connectivity index (χ0v) is 10.5. The van der Waals surface area contributed by atoms with E-state index in [4.69, 9.17) is 5.73 Å². The van der Waals surface area contributed by atoms with Crippen LogP contribution in [-0.2, 0) is 4.79 Å². The summed E-state index contributed by atoms with van der Waals surface area (Å²) in [5, 5.41) is 2.88. The fraction of sp³-hybridized carbons (Fsp3) is 0.538. The molecule has 0 saturated carbocycles. The van der Waals surface area contributed by atoms with Gasteiger partial charge in [-0.3, -0.25) is 9.78 Å². The second-order valence-corrected chi connectivity index (χ2v) is 4.48. The van der Waals surface area contributed by atoms with Gasteiger partial charge in [0, 0.05) is 24.9 Å². The van der Waals surface area contributed by atoms with Crippen molar-refractivity contribution >= 4 is 5.91 Å². The summed E-state index contributed by atoms with van der Waals surface area (Å²) in [6.45, 7) is 4.46. The number of hydrogen-bond acceptors (Lipinski definition) is 3. The summed E-state index contributed by atoms with van der Waals surface area (Å²) in [7, 11) is 0. The predicted molar refractivity (Wildman–Crippen MR) is 68.5 cm³/mol. The minimum atomic E-state index is 0.0855. The zero-order chi connectivity index (χ0) is 12.7. The number of nitrogens with zero attached hydrogens (tertiary/aromatic N) is 1. The van der Waals surface area contributed by atoms with Crippen LogP contribution < -0.4 is 11.1 Å². The Hall–Kier alpha value is -1.42. The Morgan fingerprint density at radius 3 is 2.82 bits per heavy atom. The van der Waals surface area contributed by atoms with E-state index in [1.807, 2.05) is 32.2 Å². The van der Waals surface area contributed by atoms with Crippen LogP contribution in [0.25, 0.3) is 0 Å². The van der Waals surface area contributed by atoms with Crippen LogP contribution in [0.4, 0.5) is 0 Å². The first-order chi connectivity index (χ1) is 8.13. The molecule has 1 atom stereocenters. The largest absolute Gasteiger partial charge is 0.354 e. The third kappa shape index (κ3) is 4.95. The van der Waals surface area contributed by atoms with Crippen molar-refractivity contribution in [2.24, 2.45) is 5.73 Å². The summed E-state index contributed by atoms with van der Waals surface area (Å²) in [6.07, 6.45) is 4.83. The molecule has 17 heavy (non-hydrogen) atoms. The summed E-state index contributed by atoms with van der Waals surface area (Å²) in [4.78, 5) is 15.6. The molecule has 0 aliphatic heterocycles. The highest BCUT2D eigenvalue weighted by molar-refractivity contribution is 5.76. The summed E-state index contributed by atoms with van der Waals surface area (Å²) < 4.78 is 0. The van der Waals surface area contributed by atoms with E-state index in [1.165, 1.54) is 0 Å². The molecule has 0 fully saturated rings. The number of nitrogens with one attached hydrogen (secondary N) is 1. The minimum absolute atomic E-state index is 0.0855. The number of carbonyl (C=O) groups is 1. The van der Waals surface area contributed by atoms with Gasteiger partial charge < -0.3 is 11.1 Å². The highest BCUT2D eigenvalue weighted by Gasteiger charge is 2.12. The number of amides is 1. The van der Waals surface area contributed by atoms with Crippen molar-refractivity contribution in [3.8, 4) is 0 Å². The monoisotopic (exact) mass is 235 g/mol. The molecule has 0 bridgehead atoms. The van der Waals surface area contributed by atoms with Crippen molar-refractivity contribution in [1.29, 1.82) is 0 Å². The standard InChI is InChI=1S/C13H21N3O/c1-10(2)16-13(17)6-5-11(8-14)12-4-3-7-15-9-12/h3-4,7,9-11H,5-6,8,14H2,1-2H3,(H,16,17). The molecule has 1 heterocycles. The van der Waals surface area contributed by atoms with Crippen LogP contribution in [-0.4, -0.2) is 23.5 Å². The van der Waals surface area contributed by atoms with Gasteiger partial charge in [-0.2, -0.15) is 0 Å². The molecular weight excluding hydrogens is 214 g/mol. The molecule has 0 spiro atoms. The molecule has 4 heteroatoms. The van der Waals surface area contributed by atoms with Crippen LogP contribution in [0.5, 0.6) is 0 Å². The first-order valence-corrected chi connectivity index (χ1v) is 6.02. The molecule has 1 unspecified atom stereocenters. The smallest absolute Gasteiger partial charge is 0.220 e. The summed E-state index contributed by atoms with van der Waals surface area (Å²) in [5.74, 6) is 0.295. The molecule has 3 N–H and O–H groups in total. The average Bonchev–Trinajstić information content (AvgIpc) is 2.30. The van der Waals surface area contributed by atoms with Crippen LogP contribution in [0, 0.1) is 0 Å². The van der Waals surface area contributed by atoms with Crippen LogP contribution in [0.2, 0.25) is 0 Å². The van der Waals surface area contributed by atoms with Crippen molar-refractivity contribution in [3.05, 3.63) is 30.1 Å². The normalized spacial score (nSPS) is 12.5. The lowest BCUT2D eigenvalue weighted by atomic mass is 9.95. The van der Waals surface area contributed by atoms with Gasteiger partial charge in [-0.15, -0.1) is 0 Å². The van der Waals surface area contributed by atoms with Crippen molar-refractivity contribution in [1.82, 2.24) is 10.3 Å². The minimum Gasteiger partial charge on any atom is -0.354 e. The molecule has 0 aromatic carbocycles. The molecule has 1 amide bonds. The van der Waals surface area contributed by atoms with Gasteiger partial charge in [-0.1, -0.05) is 6.07 Å². The van der Waals surface area contributed by atoms with Gasteiger partial charge in [-0.25, -0.2) is 0 Å². The molecule has 94 valence electrons. The predicted octanol–water partition coefficient (Wildman–Crippen LogP) is 1.43. The van der Waals surface area contributed by atoms with Gasteiger partial charge >= 0.3 is 0 Å². The molecule has 0 aliphatic rings. The Balaban J connectivity index is 2.46. The van der Waals surface area contributed by atoms with E-state index in [2.05, 4.69) is 10.3 Å². The Morgan fingerprint density at radius 1 is 1.53 bits per heavy atom. The number of aromatic nitrogens is 1. The lowest BCUT2D eigenvalue weighted by Crippen LogP contribution is -2.30. The molecule has 1 aromatic rings. The van der Waals surface area contributed by atoms with E-state index >= 15 is 0 Å². The van der Waals surface area contributed by atoms with Gasteiger partial charge in [0.25, 0.3) is 0 Å². The maximum atomic E-state index is 11.5. The van der Waals surface area contributed by atoms with Gasteiger partial charge in [0.2, 0.25) is 5.91 Å². The molecular formula is C13H21N3O. The van der Waals surface area contributed by atoms with Crippen molar-refractivity contribution in [2.75, 3.05) is 6.54 Å². The van der Waals surface area contributed by atoms with E-state index in [9.17, 15) is 4.79 Å². The van der Waals surface area contributed by atoms with Gasteiger partial charge in [0.15, 0.2) is 0 Å². The summed E-state index contributed by atoms with van der Waals surface area (Å²) >= 11 is 0. The molecule has 1 rings (SSSR count). The van der Waals surface area contributed by atoms with E-state index < -0.39 is 0 Å². The van der Waals surface area contributed by atoms with E-state index in [-0.39, 0.29) is 17.9 Å². The first kappa shape index (κ1) is 13.6. The maximum Gasteiger partial charge on any atom is 0.220 e. The molecule has 0 saturated heterocycles. The highest BCUT2D eigenvalue weighted by atomic mass is 16.1. The third-order valence-electron chi connectivity index (χ3n) is 2.61. The Labute approximate surface area is 103 Å². The van der Waals surface area contributed by atoms with Gasteiger partial charge in [-0.05, 0) is 44.4 Å². The number of hydrogen-bond donors (Lipinski definition) is 2. The number of rotatable bonds is 6. The SMILES string of the molecule is CC(C)NC(=O)CCC(CN)c1cccnc1. The number of nitrogens with two attached hydrogens (primary N) is 1. The molecule has 0 aliphatic carbocycles. The number of carbonyl (C=O) groups excluding carboxylic acids is 1. The average molecular weight is 235 g/mol. The molecule has 0 radical (unpaired) electrons. The number of pyridine rings is 1. The Morgan fingerprint density at radius 2 is 2.29 bits per heavy atom. The van der Waals surface area contributed by atoms with Crippen molar-refractivity contribution in [3.63, 3.8) is 0 Å². The van der Waals surface area contributed by atoms with Gasteiger partial charge in [0.1, 0.15) is 0 Å². The summed E-state index contributed by atoms with van der Waals surface area (Å²) in [5.41, 5.74) is 6.84. The first-order valence-electron chi connectivity index (χ1n) is 6.02. The zero-order valence-electron chi connectivity index (χ0n) is 10.5. The topological polar surface area (TPSA) is 68.0 Å². The molecule has 4 nitrogen and oxygen atoms in total. The summed E-state index contributed by atoms with van der Waals surface area (Å²) in [6, 6.07) is 4.09. The Bertz CT molecular complexity index is 338.